The second-order valence-electron chi connectivity index (χ2n) is 7.85. The average molecular weight is 341 g/mol. The van der Waals surface area contributed by atoms with Gasteiger partial charge in [0.2, 0.25) is 0 Å². The molecule has 1 unspecified atom stereocenters. The molecule has 0 fully saturated rings. The lowest BCUT2D eigenvalue weighted by molar-refractivity contribution is 0.687. The molecule has 3 aromatic rings. The largest absolute Gasteiger partial charge is 0.0651 e. The van der Waals surface area contributed by atoms with Gasteiger partial charge in [0.1, 0.15) is 0 Å². The highest BCUT2D eigenvalue weighted by Gasteiger charge is 2.22. The number of rotatable bonds is 3. The maximum absolute atomic E-state index is 2.47. The van der Waals surface area contributed by atoms with E-state index < -0.39 is 0 Å². The molecule has 26 heavy (non-hydrogen) atoms. The average Bonchev–Trinajstić information content (AvgIpc) is 2.81. The fraction of sp³-hybridized carbons (Fsp3) is 0.308. The second kappa shape index (κ2) is 7.11. The molecule has 4 rings (SSSR count). The molecule has 0 bridgehead atoms. The molecule has 3 aromatic carbocycles. The van der Waals surface area contributed by atoms with Crippen molar-refractivity contribution >= 4 is 0 Å². The highest BCUT2D eigenvalue weighted by Crippen LogP contribution is 2.38. The molecule has 1 aliphatic rings. The van der Waals surface area contributed by atoms with Gasteiger partial charge in [0.25, 0.3) is 0 Å². The number of hydrogen-bond donors (Lipinski definition) is 0. The zero-order valence-corrected chi connectivity index (χ0v) is 16.2. The lowest BCUT2D eigenvalue weighted by Crippen LogP contribution is -2.06. The Morgan fingerprint density at radius 2 is 1.54 bits per heavy atom. The third-order valence-electron chi connectivity index (χ3n) is 5.95. The van der Waals surface area contributed by atoms with Crippen LogP contribution in [0.1, 0.15) is 52.6 Å². The first-order chi connectivity index (χ1) is 12.7. The van der Waals surface area contributed by atoms with Crippen molar-refractivity contribution < 1.29 is 0 Å². The van der Waals surface area contributed by atoms with Crippen molar-refractivity contribution in [2.24, 2.45) is 0 Å². The number of benzene rings is 3. The van der Waals surface area contributed by atoms with Gasteiger partial charge in [-0.05, 0) is 83.5 Å². The number of aryl methyl sites for hydroxylation is 3. The molecular formula is C26H28. The molecule has 0 aliphatic heterocycles. The van der Waals surface area contributed by atoms with Gasteiger partial charge in [0, 0.05) is 0 Å². The smallest absolute Gasteiger partial charge is 0.00805 e. The first-order valence-corrected chi connectivity index (χ1v) is 9.93. The molecule has 132 valence electrons. The van der Waals surface area contributed by atoms with Crippen LogP contribution in [0.5, 0.6) is 0 Å². The molecule has 0 aromatic heterocycles. The maximum Gasteiger partial charge on any atom is -0.00805 e. The molecule has 0 N–H and O–H groups in total. The van der Waals surface area contributed by atoms with Crippen molar-refractivity contribution in [1.82, 2.24) is 0 Å². The van der Waals surface area contributed by atoms with Gasteiger partial charge in [-0.25, -0.2) is 0 Å². The minimum atomic E-state index is 0.550. The van der Waals surface area contributed by atoms with Crippen LogP contribution in [0.3, 0.4) is 0 Å². The van der Waals surface area contributed by atoms with Gasteiger partial charge in [-0.2, -0.15) is 0 Å². The Bertz CT molecular complexity index is 933. The zero-order chi connectivity index (χ0) is 18.1. The predicted molar refractivity (Wildman–Crippen MR) is 112 cm³/mol. The molecule has 0 saturated heterocycles. The summed E-state index contributed by atoms with van der Waals surface area (Å²) in [4.78, 5) is 0. The summed E-state index contributed by atoms with van der Waals surface area (Å²) in [5.41, 5.74) is 11.6. The third kappa shape index (κ3) is 3.21. The molecule has 0 saturated carbocycles. The Hall–Kier alpha value is -2.34. The van der Waals surface area contributed by atoms with E-state index in [4.69, 9.17) is 0 Å². The normalized spacial score (nSPS) is 15.9. The molecular weight excluding hydrogens is 312 g/mol. The van der Waals surface area contributed by atoms with Crippen LogP contribution in [0.15, 0.2) is 60.7 Å². The molecule has 0 amide bonds. The monoisotopic (exact) mass is 340 g/mol. The van der Waals surface area contributed by atoms with E-state index in [9.17, 15) is 0 Å². The van der Waals surface area contributed by atoms with Crippen molar-refractivity contribution in [3.8, 4) is 11.1 Å². The fourth-order valence-electron chi connectivity index (χ4n) is 4.34. The first-order valence-electron chi connectivity index (χ1n) is 9.93. The van der Waals surface area contributed by atoms with E-state index in [1.807, 2.05) is 0 Å². The van der Waals surface area contributed by atoms with Crippen LogP contribution in [-0.2, 0) is 19.3 Å². The van der Waals surface area contributed by atoms with Gasteiger partial charge in [0.15, 0.2) is 0 Å². The van der Waals surface area contributed by atoms with E-state index in [1.165, 1.54) is 57.3 Å². The van der Waals surface area contributed by atoms with Crippen molar-refractivity contribution in [2.75, 3.05) is 0 Å². The predicted octanol–water partition coefficient (Wildman–Crippen LogP) is 6.81. The van der Waals surface area contributed by atoms with Crippen molar-refractivity contribution in [1.29, 1.82) is 0 Å². The van der Waals surface area contributed by atoms with Gasteiger partial charge in [0.05, 0.1) is 0 Å². The van der Waals surface area contributed by atoms with Crippen LogP contribution >= 0.6 is 0 Å². The standard InChI is InChI=1S/C26H28/c1-4-7-20-11-13-26-24(15-20)17-23(16-22-8-5-6-9-25(22)26)21-12-10-18(2)19(3)14-21/h5-6,8-15,23H,4,7,16-17H2,1-3H3. The lowest BCUT2D eigenvalue weighted by Gasteiger charge is -2.18. The summed E-state index contributed by atoms with van der Waals surface area (Å²) in [7, 11) is 0. The summed E-state index contributed by atoms with van der Waals surface area (Å²) in [6.45, 7) is 6.70. The molecule has 0 nitrogen and oxygen atoms in total. The molecule has 0 heterocycles. The van der Waals surface area contributed by atoms with Gasteiger partial charge >= 0.3 is 0 Å². The SMILES string of the molecule is CCCc1ccc2c(c1)CC(c1ccc(C)c(C)c1)Cc1ccccc1-2. The minimum Gasteiger partial charge on any atom is -0.0651 e. The highest BCUT2D eigenvalue weighted by molar-refractivity contribution is 5.72. The van der Waals surface area contributed by atoms with E-state index >= 15 is 0 Å². The summed E-state index contributed by atoms with van der Waals surface area (Å²) < 4.78 is 0. The molecule has 0 radical (unpaired) electrons. The van der Waals surface area contributed by atoms with E-state index in [-0.39, 0.29) is 0 Å². The van der Waals surface area contributed by atoms with Crippen LogP contribution in [0.4, 0.5) is 0 Å². The molecule has 1 aliphatic carbocycles. The summed E-state index contributed by atoms with van der Waals surface area (Å²) in [6.07, 6.45) is 4.62. The van der Waals surface area contributed by atoms with E-state index in [1.54, 1.807) is 0 Å². The summed E-state index contributed by atoms with van der Waals surface area (Å²) >= 11 is 0. The van der Waals surface area contributed by atoms with E-state index in [0.717, 1.165) is 12.8 Å². The Labute approximate surface area is 157 Å². The quantitative estimate of drug-likeness (QED) is 0.491. The van der Waals surface area contributed by atoms with Crippen LogP contribution in [0, 0.1) is 13.8 Å². The zero-order valence-electron chi connectivity index (χ0n) is 16.2. The Balaban J connectivity index is 1.83. The Morgan fingerprint density at radius 3 is 2.35 bits per heavy atom. The first kappa shape index (κ1) is 17.1. The van der Waals surface area contributed by atoms with E-state index in [2.05, 4.69) is 81.4 Å². The second-order valence-corrected chi connectivity index (χ2v) is 7.85. The van der Waals surface area contributed by atoms with Crippen LogP contribution in [-0.4, -0.2) is 0 Å². The van der Waals surface area contributed by atoms with Gasteiger partial charge in [-0.15, -0.1) is 0 Å². The maximum atomic E-state index is 2.47. The lowest BCUT2D eigenvalue weighted by atomic mass is 9.87. The summed E-state index contributed by atoms with van der Waals surface area (Å²) in [6, 6.07) is 23.2. The third-order valence-corrected chi connectivity index (χ3v) is 5.95. The number of hydrogen-bond acceptors (Lipinski definition) is 0. The topological polar surface area (TPSA) is 0 Å². The number of fused-ring (bicyclic) bond motifs is 3. The van der Waals surface area contributed by atoms with Gasteiger partial charge in [-0.3, -0.25) is 0 Å². The fourth-order valence-corrected chi connectivity index (χ4v) is 4.34. The van der Waals surface area contributed by atoms with Crippen LogP contribution in [0.2, 0.25) is 0 Å². The van der Waals surface area contributed by atoms with Crippen molar-refractivity contribution in [3.05, 3.63) is 94.0 Å². The summed E-state index contributed by atoms with van der Waals surface area (Å²) in [5, 5.41) is 0. The Morgan fingerprint density at radius 1 is 0.769 bits per heavy atom. The van der Waals surface area contributed by atoms with E-state index in [0.29, 0.717) is 5.92 Å². The van der Waals surface area contributed by atoms with Gasteiger partial charge < -0.3 is 0 Å². The highest BCUT2D eigenvalue weighted by atomic mass is 14.3. The van der Waals surface area contributed by atoms with Gasteiger partial charge in [-0.1, -0.05) is 74.0 Å². The molecule has 0 heteroatoms. The van der Waals surface area contributed by atoms with Crippen LogP contribution in [0.25, 0.3) is 11.1 Å². The van der Waals surface area contributed by atoms with Crippen molar-refractivity contribution in [2.45, 2.75) is 52.4 Å². The van der Waals surface area contributed by atoms with Crippen LogP contribution < -0.4 is 0 Å². The van der Waals surface area contributed by atoms with Crippen molar-refractivity contribution in [3.63, 3.8) is 0 Å². The summed E-state index contributed by atoms with van der Waals surface area (Å²) in [5.74, 6) is 0.550. The Kier molecular flexibility index (Phi) is 4.68. The minimum absolute atomic E-state index is 0.550. The molecule has 1 atom stereocenters. The molecule has 0 spiro atoms.